The van der Waals surface area contributed by atoms with Gasteiger partial charge in [0.2, 0.25) is 5.89 Å². The Balaban J connectivity index is 2.28. The number of hydrogen-bond donors (Lipinski definition) is 2. The van der Waals surface area contributed by atoms with Crippen LogP contribution in [0.2, 0.25) is 0 Å². The summed E-state index contributed by atoms with van der Waals surface area (Å²) >= 11 is 0. The van der Waals surface area contributed by atoms with Crippen LogP contribution in [0.15, 0.2) is 22.7 Å². The molecule has 0 atom stereocenters. The van der Waals surface area contributed by atoms with Crippen molar-refractivity contribution in [2.75, 3.05) is 5.32 Å². The van der Waals surface area contributed by atoms with Gasteiger partial charge >= 0.3 is 5.97 Å². The van der Waals surface area contributed by atoms with Gasteiger partial charge < -0.3 is 14.9 Å². The van der Waals surface area contributed by atoms with Crippen LogP contribution < -0.4 is 5.32 Å². The smallest absolute Gasteiger partial charge is 0.337 e. The van der Waals surface area contributed by atoms with Gasteiger partial charge in [-0.25, -0.2) is 9.18 Å². The molecule has 1 aromatic heterocycles. The van der Waals surface area contributed by atoms with Crippen LogP contribution in [0.1, 0.15) is 26.9 Å². The molecule has 0 unspecified atom stereocenters. The highest BCUT2D eigenvalue weighted by molar-refractivity contribution is 6.05. The number of carboxylic acid groups (broad SMARTS) is 1. The van der Waals surface area contributed by atoms with Crippen LogP contribution in [-0.4, -0.2) is 27.1 Å². The first-order chi connectivity index (χ1) is 8.97. The third-order valence-electron chi connectivity index (χ3n) is 2.19. The average molecular weight is 265 g/mol. The normalized spacial score (nSPS) is 10.2. The lowest BCUT2D eigenvalue weighted by Gasteiger charge is -2.06. The molecule has 0 radical (unpaired) electrons. The lowest BCUT2D eigenvalue weighted by molar-refractivity contribution is 0.0697. The molecule has 98 valence electrons. The van der Waals surface area contributed by atoms with E-state index in [0.717, 1.165) is 18.2 Å². The van der Waals surface area contributed by atoms with Crippen molar-refractivity contribution in [2.45, 2.75) is 6.92 Å². The van der Waals surface area contributed by atoms with Crippen LogP contribution in [0.25, 0.3) is 0 Å². The molecule has 0 saturated carbocycles. The highest BCUT2D eigenvalue weighted by Crippen LogP contribution is 2.17. The van der Waals surface area contributed by atoms with Crippen molar-refractivity contribution < 1.29 is 23.6 Å². The molecule has 0 saturated heterocycles. The number of nitrogens with zero attached hydrogens (tertiary/aromatic N) is 2. The number of amides is 1. The molecule has 19 heavy (non-hydrogen) atoms. The van der Waals surface area contributed by atoms with Crippen molar-refractivity contribution >= 4 is 17.6 Å². The zero-order valence-corrected chi connectivity index (χ0v) is 9.68. The molecule has 2 rings (SSSR count). The fourth-order valence-corrected chi connectivity index (χ4v) is 1.37. The second-order valence-corrected chi connectivity index (χ2v) is 3.59. The Morgan fingerprint density at radius 1 is 1.42 bits per heavy atom. The lowest BCUT2D eigenvalue weighted by atomic mass is 10.1. The maximum absolute atomic E-state index is 13.0. The van der Waals surface area contributed by atoms with Gasteiger partial charge in [0.1, 0.15) is 5.82 Å². The predicted octanol–water partition coefficient (Wildman–Crippen LogP) is 1.47. The molecule has 0 spiro atoms. The van der Waals surface area contributed by atoms with E-state index in [1.165, 1.54) is 6.92 Å². The number of halogens is 1. The number of aryl methyl sites for hydroxylation is 1. The number of carbonyl (C=O) groups excluding carboxylic acids is 1. The molecule has 1 amide bonds. The molecule has 0 aliphatic rings. The Hall–Kier alpha value is -2.77. The molecule has 0 aliphatic carbocycles. The fourth-order valence-electron chi connectivity index (χ4n) is 1.37. The maximum atomic E-state index is 13.0. The minimum atomic E-state index is -1.36. The van der Waals surface area contributed by atoms with Crippen LogP contribution in [0, 0.1) is 12.7 Å². The highest BCUT2D eigenvalue weighted by atomic mass is 19.1. The topological polar surface area (TPSA) is 105 Å². The number of hydrogen-bond acceptors (Lipinski definition) is 5. The van der Waals surface area contributed by atoms with Crippen LogP contribution in [0.4, 0.5) is 10.1 Å². The third-order valence-corrected chi connectivity index (χ3v) is 2.19. The summed E-state index contributed by atoms with van der Waals surface area (Å²) in [5, 5.41) is 14.6. The van der Waals surface area contributed by atoms with Crippen LogP contribution in [0.3, 0.4) is 0 Å². The minimum absolute atomic E-state index is 0.0543. The van der Waals surface area contributed by atoms with Gasteiger partial charge in [-0.15, -0.1) is 0 Å². The SMILES string of the molecule is Cc1nc(C(=O)Nc2ccc(F)cc2C(=O)O)no1. The van der Waals surface area contributed by atoms with Crippen molar-refractivity contribution in [2.24, 2.45) is 0 Å². The molecule has 0 aliphatic heterocycles. The largest absolute Gasteiger partial charge is 0.478 e. The molecule has 0 bridgehead atoms. The Labute approximate surface area is 106 Å². The zero-order chi connectivity index (χ0) is 14.0. The average Bonchev–Trinajstić information content (AvgIpc) is 2.78. The van der Waals surface area contributed by atoms with Gasteiger partial charge in [0.15, 0.2) is 0 Å². The molecule has 1 heterocycles. The molecule has 0 fully saturated rings. The Kier molecular flexibility index (Phi) is 3.23. The molecular weight excluding hydrogens is 257 g/mol. The van der Waals surface area contributed by atoms with Crippen molar-refractivity contribution in [3.05, 3.63) is 41.3 Å². The summed E-state index contributed by atoms with van der Waals surface area (Å²) in [6, 6.07) is 2.98. The first kappa shape index (κ1) is 12.7. The van der Waals surface area contributed by atoms with E-state index in [-0.39, 0.29) is 23.0 Å². The zero-order valence-electron chi connectivity index (χ0n) is 9.68. The summed E-state index contributed by atoms with van der Waals surface area (Å²) in [5.41, 5.74) is -0.421. The van der Waals surface area contributed by atoms with E-state index in [1.54, 1.807) is 0 Å². The lowest BCUT2D eigenvalue weighted by Crippen LogP contribution is -2.16. The van der Waals surface area contributed by atoms with E-state index in [2.05, 4.69) is 20.0 Å². The monoisotopic (exact) mass is 265 g/mol. The summed E-state index contributed by atoms with van der Waals surface area (Å²) in [5.74, 6) is -2.86. The standard InChI is InChI=1S/C11H8FN3O4/c1-5-13-9(15-19-5)10(16)14-8-3-2-6(12)4-7(8)11(17)18/h2-4H,1H3,(H,14,16)(H,17,18). The third kappa shape index (κ3) is 2.73. The summed E-state index contributed by atoms with van der Waals surface area (Å²) in [7, 11) is 0. The molecular formula is C11H8FN3O4. The molecule has 8 heteroatoms. The van der Waals surface area contributed by atoms with E-state index in [9.17, 15) is 14.0 Å². The van der Waals surface area contributed by atoms with Crippen molar-refractivity contribution in [3.8, 4) is 0 Å². The van der Waals surface area contributed by atoms with Gasteiger partial charge in [0.05, 0.1) is 11.3 Å². The van der Waals surface area contributed by atoms with Crippen molar-refractivity contribution in [1.29, 1.82) is 0 Å². The van der Waals surface area contributed by atoms with Gasteiger partial charge in [-0.05, 0) is 18.2 Å². The first-order valence-corrected chi connectivity index (χ1v) is 5.12. The van der Waals surface area contributed by atoms with Crippen LogP contribution >= 0.6 is 0 Å². The first-order valence-electron chi connectivity index (χ1n) is 5.12. The summed E-state index contributed by atoms with van der Waals surface area (Å²) < 4.78 is 17.6. The summed E-state index contributed by atoms with van der Waals surface area (Å²) in [6.45, 7) is 1.50. The number of rotatable bonds is 3. The van der Waals surface area contributed by atoms with Crippen LogP contribution in [0.5, 0.6) is 0 Å². The Morgan fingerprint density at radius 3 is 2.74 bits per heavy atom. The van der Waals surface area contributed by atoms with Crippen LogP contribution in [-0.2, 0) is 0 Å². The van der Waals surface area contributed by atoms with E-state index in [4.69, 9.17) is 5.11 Å². The van der Waals surface area contributed by atoms with Crippen molar-refractivity contribution in [1.82, 2.24) is 10.1 Å². The summed E-state index contributed by atoms with van der Waals surface area (Å²) in [4.78, 5) is 26.3. The van der Waals surface area contributed by atoms with Gasteiger partial charge in [-0.2, -0.15) is 4.98 Å². The van der Waals surface area contributed by atoms with E-state index >= 15 is 0 Å². The van der Waals surface area contributed by atoms with Crippen molar-refractivity contribution in [3.63, 3.8) is 0 Å². The number of carboxylic acids is 1. The predicted molar refractivity (Wildman–Crippen MR) is 60.3 cm³/mol. The number of benzene rings is 1. The molecule has 1 aromatic carbocycles. The quantitative estimate of drug-likeness (QED) is 0.870. The van der Waals surface area contributed by atoms with Gasteiger partial charge in [0.25, 0.3) is 11.7 Å². The molecule has 2 aromatic rings. The maximum Gasteiger partial charge on any atom is 0.337 e. The molecule has 7 nitrogen and oxygen atoms in total. The fraction of sp³-hybridized carbons (Fsp3) is 0.0909. The Bertz CT molecular complexity index is 653. The number of nitrogens with one attached hydrogen (secondary N) is 1. The molecule has 2 N–H and O–H groups in total. The van der Waals surface area contributed by atoms with Gasteiger partial charge in [-0.3, -0.25) is 4.79 Å². The van der Waals surface area contributed by atoms with Gasteiger partial charge in [0, 0.05) is 6.92 Å². The second-order valence-electron chi connectivity index (χ2n) is 3.59. The van der Waals surface area contributed by atoms with E-state index in [0.29, 0.717) is 0 Å². The van der Waals surface area contributed by atoms with E-state index < -0.39 is 17.7 Å². The number of carbonyl (C=O) groups is 2. The van der Waals surface area contributed by atoms with Gasteiger partial charge in [-0.1, -0.05) is 5.16 Å². The number of aromatic nitrogens is 2. The highest BCUT2D eigenvalue weighted by Gasteiger charge is 2.17. The van der Waals surface area contributed by atoms with E-state index in [1.807, 2.05) is 0 Å². The second kappa shape index (κ2) is 4.84. The summed E-state index contributed by atoms with van der Waals surface area (Å²) in [6.07, 6.45) is 0. The number of anilines is 1. The number of aromatic carboxylic acids is 1. The Morgan fingerprint density at radius 2 is 2.16 bits per heavy atom. The minimum Gasteiger partial charge on any atom is -0.478 e.